The van der Waals surface area contributed by atoms with Crippen molar-refractivity contribution in [2.24, 2.45) is 0 Å². The molecule has 5 nitrogen and oxygen atoms in total. The standard InChI is InChI=1S/C14H24N2O3S2/c1-10(2)15-9-13-8-14(11(3)19-13)21(17,18)16-12-4-6-20-7-5-12/h8,10,12,15-16H,4-7,9H2,1-3H3. The van der Waals surface area contributed by atoms with Crippen molar-refractivity contribution in [1.29, 1.82) is 0 Å². The van der Waals surface area contributed by atoms with Gasteiger partial charge in [0.1, 0.15) is 16.4 Å². The van der Waals surface area contributed by atoms with Crippen LogP contribution in [0.2, 0.25) is 0 Å². The van der Waals surface area contributed by atoms with Gasteiger partial charge in [-0.05, 0) is 31.3 Å². The maximum atomic E-state index is 12.5. The van der Waals surface area contributed by atoms with E-state index in [9.17, 15) is 8.42 Å². The Morgan fingerprint density at radius 1 is 1.38 bits per heavy atom. The summed E-state index contributed by atoms with van der Waals surface area (Å²) in [5.74, 6) is 3.14. The minimum Gasteiger partial charge on any atom is -0.464 e. The zero-order valence-electron chi connectivity index (χ0n) is 12.8. The molecule has 0 aromatic carbocycles. The van der Waals surface area contributed by atoms with Crippen molar-refractivity contribution in [2.75, 3.05) is 11.5 Å². The third-order valence-corrected chi connectivity index (χ3v) is 6.12. The monoisotopic (exact) mass is 332 g/mol. The zero-order valence-corrected chi connectivity index (χ0v) is 14.4. The highest BCUT2D eigenvalue weighted by Crippen LogP contribution is 2.23. The van der Waals surface area contributed by atoms with Crippen molar-refractivity contribution in [2.45, 2.75) is 57.1 Å². The van der Waals surface area contributed by atoms with E-state index < -0.39 is 10.0 Å². The largest absolute Gasteiger partial charge is 0.464 e. The van der Waals surface area contributed by atoms with Gasteiger partial charge in [-0.25, -0.2) is 13.1 Å². The van der Waals surface area contributed by atoms with Gasteiger partial charge in [-0.15, -0.1) is 0 Å². The molecule has 0 saturated carbocycles. The Morgan fingerprint density at radius 3 is 2.67 bits per heavy atom. The third kappa shape index (κ3) is 4.74. The average molecular weight is 332 g/mol. The summed E-state index contributed by atoms with van der Waals surface area (Å²) < 4.78 is 33.3. The Bertz CT molecular complexity index is 561. The van der Waals surface area contributed by atoms with E-state index in [1.165, 1.54) is 0 Å². The quantitative estimate of drug-likeness (QED) is 0.836. The van der Waals surface area contributed by atoms with Crippen molar-refractivity contribution in [3.05, 3.63) is 17.6 Å². The number of hydrogen-bond donors (Lipinski definition) is 2. The first-order valence-electron chi connectivity index (χ1n) is 7.31. The van der Waals surface area contributed by atoms with Gasteiger partial charge in [0, 0.05) is 18.2 Å². The molecule has 1 saturated heterocycles. The maximum Gasteiger partial charge on any atom is 0.244 e. The van der Waals surface area contributed by atoms with Crippen LogP contribution in [0.15, 0.2) is 15.4 Å². The molecule has 2 rings (SSSR count). The zero-order chi connectivity index (χ0) is 15.5. The summed E-state index contributed by atoms with van der Waals surface area (Å²) in [5.41, 5.74) is 0. The number of aryl methyl sites for hydroxylation is 1. The average Bonchev–Trinajstić information content (AvgIpc) is 2.79. The lowest BCUT2D eigenvalue weighted by molar-refractivity contribution is 0.443. The number of thioether (sulfide) groups is 1. The topological polar surface area (TPSA) is 71.3 Å². The van der Waals surface area contributed by atoms with E-state index in [1.807, 2.05) is 25.6 Å². The number of sulfonamides is 1. The molecule has 0 spiro atoms. The smallest absolute Gasteiger partial charge is 0.244 e. The van der Waals surface area contributed by atoms with Gasteiger partial charge >= 0.3 is 0 Å². The molecule has 21 heavy (non-hydrogen) atoms. The second-order valence-electron chi connectivity index (χ2n) is 5.68. The van der Waals surface area contributed by atoms with Crippen LogP contribution in [0.1, 0.15) is 38.2 Å². The van der Waals surface area contributed by atoms with E-state index in [-0.39, 0.29) is 10.9 Å². The summed E-state index contributed by atoms with van der Waals surface area (Å²) in [4.78, 5) is 0.265. The highest BCUT2D eigenvalue weighted by atomic mass is 32.2. The first-order valence-corrected chi connectivity index (χ1v) is 9.95. The summed E-state index contributed by atoms with van der Waals surface area (Å²) in [6.07, 6.45) is 1.78. The van der Waals surface area contributed by atoms with Crippen LogP contribution >= 0.6 is 11.8 Å². The third-order valence-electron chi connectivity index (χ3n) is 3.44. The van der Waals surface area contributed by atoms with Crippen LogP contribution in [0.4, 0.5) is 0 Å². The molecular weight excluding hydrogens is 308 g/mol. The van der Waals surface area contributed by atoms with Gasteiger partial charge < -0.3 is 9.73 Å². The van der Waals surface area contributed by atoms with Crippen molar-refractivity contribution in [3.8, 4) is 0 Å². The van der Waals surface area contributed by atoms with Crippen LogP contribution in [-0.2, 0) is 16.6 Å². The van der Waals surface area contributed by atoms with E-state index in [2.05, 4.69) is 10.0 Å². The normalized spacial score (nSPS) is 17.5. The number of furan rings is 1. The second-order valence-corrected chi connectivity index (χ2v) is 8.58. The maximum absolute atomic E-state index is 12.5. The number of nitrogens with one attached hydrogen (secondary N) is 2. The molecule has 1 fully saturated rings. The minimum atomic E-state index is -3.49. The Balaban J connectivity index is 2.08. The Morgan fingerprint density at radius 2 is 2.05 bits per heavy atom. The first-order chi connectivity index (χ1) is 9.88. The van der Waals surface area contributed by atoms with Crippen LogP contribution in [0, 0.1) is 6.92 Å². The number of rotatable bonds is 6. The van der Waals surface area contributed by atoms with Crippen molar-refractivity contribution >= 4 is 21.8 Å². The molecule has 1 aromatic heterocycles. The van der Waals surface area contributed by atoms with Gasteiger partial charge in [0.15, 0.2) is 0 Å². The van der Waals surface area contributed by atoms with E-state index in [0.29, 0.717) is 24.1 Å². The number of hydrogen-bond acceptors (Lipinski definition) is 5. The first kappa shape index (κ1) is 16.9. The Kier molecular flexibility index (Phi) is 5.76. The lowest BCUT2D eigenvalue weighted by Crippen LogP contribution is -2.37. The van der Waals surface area contributed by atoms with Crippen LogP contribution in [0.25, 0.3) is 0 Å². The SMILES string of the molecule is Cc1oc(CNC(C)C)cc1S(=O)(=O)NC1CCSCC1. The summed E-state index contributed by atoms with van der Waals surface area (Å²) in [7, 11) is -3.49. The van der Waals surface area contributed by atoms with Gasteiger partial charge in [0.25, 0.3) is 0 Å². The van der Waals surface area contributed by atoms with Gasteiger partial charge in [0.05, 0.1) is 6.54 Å². The fourth-order valence-electron chi connectivity index (χ4n) is 2.28. The Hall–Kier alpha value is -0.500. The lowest BCUT2D eigenvalue weighted by Gasteiger charge is -2.22. The van der Waals surface area contributed by atoms with Gasteiger partial charge in [-0.1, -0.05) is 13.8 Å². The summed E-state index contributed by atoms with van der Waals surface area (Å²) in [5, 5.41) is 3.22. The Labute approximate surface area is 131 Å². The van der Waals surface area contributed by atoms with E-state index in [4.69, 9.17) is 4.42 Å². The minimum absolute atomic E-state index is 0.0442. The van der Waals surface area contributed by atoms with Gasteiger partial charge in [0.2, 0.25) is 10.0 Å². The van der Waals surface area contributed by atoms with Crippen LogP contribution < -0.4 is 10.0 Å². The van der Waals surface area contributed by atoms with E-state index >= 15 is 0 Å². The van der Waals surface area contributed by atoms with Gasteiger partial charge in [-0.3, -0.25) is 0 Å². The van der Waals surface area contributed by atoms with Crippen LogP contribution in [-0.4, -0.2) is 32.0 Å². The summed E-state index contributed by atoms with van der Waals surface area (Å²) >= 11 is 1.88. The lowest BCUT2D eigenvalue weighted by atomic mass is 10.2. The molecule has 2 heterocycles. The molecule has 1 aromatic rings. The molecule has 2 N–H and O–H groups in total. The summed E-state index contributed by atoms with van der Waals surface area (Å²) in [6.45, 7) is 6.31. The predicted molar refractivity (Wildman–Crippen MR) is 86.1 cm³/mol. The summed E-state index contributed by atoms with van der Waals surface area (Å²) in [6, 6.07) is 2.00. The molecule has 0 aliphatic carbocycles. The highest BCUT2D eigenvalue weighted by molar-refractivity contribution is 7.99. The predicted octanol–water partition coefficient (Wildman–Crippen LogP) is 2.26. The van der Waals surface area contributed by atoms with Crippen LogP contribution in [0.3, 0.4) is 0 Å². The fraction of sp³-hybridized carbons (Fsp3) is 0.714. The molecule has 0 unspecified atom stereocenters. The molecule has 0 atom stereocenters. The highest BCUT2D eigenvalue weighted by Gasteiger charge is 2.25. The van der Waals surface area contributed by atoms with Crippen molar-refractivity contribution < 1.29 is 12.8 Å². The molecule has 1 aliphatic rings. The van der Waals surface area contributed by atoms with E-state index in [1.54, 1.807) is 13.0 Å². The van der Waals surface area contributed by atoms with E-state index in [0.717, 1.165) is 24.3 Å². The molecule has 7 heteroatoms. The fourth-order valence-corrected chi connectivity index (χ4v) is 4.90. The van der Waals surface area contributed by atoms with Gasteiger partial charge in [-0.2, -0.15) is 11.8 Å². The molecule has 0 bridgehead atoms. The molecular formula is C14H24N2O3S2. The molecule has 0 amide bonds. The van der Waals surface area contributed by atoms with Crippen molar-refractivity contribution in [3.63, 3.8) is 0 Å². The van der Waals surface area contributed by atoms with Crippen LogP contribution in [0.5, 0.6) is 0 Å². The molecule has 0 radical (unpaired) electrons. The van der Waals surface area contributed by atoms with Crippen molar-refractivity contribution in [1.82, 2.24) is 10.0 Å². The molecule has 1 aliphatic heterocycles. The second kappa shape index (κ2) is 7.17. The molecule has 120 valence electrons.